The molecule has 0 spiro atoms. The average Bonchev–Trinajstić information content (AvgIpc) is 2.32. The molecule has 1 aromatic heterocycles. The summed E-state index contributed by atoms with van der Waals surface area (Å²) < 4.78 is 5.48. The maximum Gasteiger partial charge on any atom is 0.123 e. The first kappa shape index (κ1) is 8.59. The van der Waals surface area contributed by atoms with Gasteiger partial charge in [-0.1, -0.05) is 26.6 Å². The maximum atomic E-state index is 5.48. The van der Waals surface area contributed by atoms with Crippen molar-refractivity contribution in [1.29, 1.82) is 0 Å². The van der Waals surface area contributed by atoms with E-state index in [9.17, 15) is 0 Å². The van der Waals surface area contributed by atoms with Gasteiger partial charge in [0.15, 0.2) is 0 Å². The summed E-state index contributed by atoms with van der Waals surface area (Å²) in [5, 5.41) is 1.22. The van der Waals surface area contributed by atoms with Crippen molar-refractivity contribution in [3.05, 3.63) is 17.9 Å². The van der Waals surface area contributed by atoms with E-state index in [1.807, 2.05) is 6.26 Å². The van der Waals surface area contributed by atoms with Gasteiger partial charge in [-0.15, -0.1) is 0 Å². The molecule has 1 rings (SSSR count). The van der Waals surface area contributed by atoms with Gasteiger partial charge in [0, 0.05) is 0 Å². The van der Waals surface area contributed by atoms with Crippen molar-refractivity contribution in [1.82, 2.24) is 0 Å². The molecule has 0 unspecified atom stereocenters. The van der Waals surface area contributed by atoms with Crippen molar-refractivity contribution >= 4 is 13.5 Å². The van der Waals surface area contributed by atoms with Crippen LogP contribution in [0.4, 0.5) is 0 Å². The van der Waals surface area contributed by atoms with Crippen LogP contribution < -0.4 is 5.38 Å². The van der Waals surface area contributed by atoms with Crippen LogP contribution in [-0.2, 0) is 6.42 Å². The lowest BCUT2D eigenvalue weighted by Gasteiger charge is -2.10. The van der Waals surface area contributed by atoms with Gasteiger partial charge < -0.3 is 4.42 Å². The number of aryl methyl sites for hydroxylation is 1. The first-order chi connectivity index (χ1) is 5.04. The fraction of sp³-hybridized carbons (Fsp3) is 0.556. The molecule has 0 radical (unpaired) electrons. The average molecular weight is 168 g/mol. The highest BCUT2D eigenvalue weighted by atomic mass is 28.3. The van der Waals surface area contributed by atoms with Gasteiger partial charge in [-0.25, -0.2) is 0 Å². The Labute approximate surface area is 69.4 Å². The number of rotatable bonds is 2. The first-order valence-electron chi connectivity index (χ1n) is 4.12. The Bertz CT molecular complexity index is 232. The van der Waals surface area contributed by atoms with Gasteiger partial charge in [0.05, 0.1) is 11.6 Å². The largest absolute Gasteiger partial charge is 0.474 e. The van der Waals surface area contributed by atoms with Crippen molar-refractivity contribution < 1.29 is 4.42 Å². The van der Waals surface area contributed by atoms with E-state index in [2.05, 4.69) is 32.6 Å². The normalized spacial score (nSPS) is 12.0. The third-order valence-electron chi connectivity index (χ3n) is 1.80. The van der Waals surface area contributed by atoms with Gasteiger partial charge in [0.2, 0.25) is 0 Å². The van der Waals surface area contributed by atoms with Crippen LogP contribution in [0, 0.1) is 0 Å². The summed E-state index contributed by atoms with van der Waals surface area (Å²) in [4.78, 5) is 0. The molecule has 0 saturated heterocycles. The molecule has 0 aromatic carbocycles. The molecule has 2 heteroatoms. The van der Waals surface area contributed by atoms with Crippen LogP contribution in [-0.4, -0.2) is 8.07 Å². The van der Waals surface area contributed by atoms with Crippen molar-refractivity contribution in [3.8, 4) is 0 Å². The van der Waals surface area contributed by atoms with Crippen LogP contribution in [0.1, 0.15) is 12.5 Å². The number of hydrogen-bond donors (Lipinski definition) is 0. The molecule has 0 saturated carbocycles. The molecule has 62 valence electrons. The Hall–Kier alpha value is -0.503. The molecule has 0 bridgehead atoms. The summed E-state index contributed by atoms with van der Waals surface area (Å²) >= 11 is 0. The van der Waals surface area contributed by atoms with Crippen LogP contribution in [0.2, 0.25) is 19.6 Å². The molecular weight excluding hydrogens is 152 g/mol. The summed E-state index contributed by atoms with van der Waals surface area (Å²) in [5.41, 5.74) is 1.32. The topological polar surface area (TPSA) is 13.1 Å². The van der Waals surface area contributed by atoms with E-state index in [1.165, 1.54) is 10.9 Å². The highest BCUT2D eigenvalue weighted by Crippen LogP contribution is 2.06. The van der Waals surface area contributed by atoms with E-state index in [4.69, 9.17) is 4.42 Å². The predicted octanol–water partition coefficient (Wildman–Crippen LogP) is 2.39. The van der Waals surface area contributed by atoms with Crippen LogP contribution in [0.3, 0.4) is 0 Å². The fourth-order valence-corrected chi connectivity index (χ4v) is 1.99. The lowest BCUT2D eigenvalue weighted by atomic mass is 10.3. The van der Waals surface area contributed by atoms with Gasteiger partial charge in [-0.3, -0.25) is 0 Å². The zero-order chi connectivity index (χ0) is 8.48. The Kier molecular flexibility index (Phi) is 2.23. The van der Waals surface area contributed by atoms with E-state index < -0.39 is 8.07 Å². The molecule has 0 aliphatic heterocycles. The smallest absolute Gasteiger partial charge is 0.123 e. The first-order valence-corrected chi connectivity index (χ1v) is 7.62. The second-order valence-electron chi connectivity index (χ2n) is 3.92. The zero-order valence-electron chi connectivity index (χ0n) is 7.77. The minimum atomic E-state index is -1.20. The fourth-order valence-electron chi connectivity index (χ4n) is 0.954. The van der Waals surface area contributed by atoms with E-state index in [0.29, 0.717) is 0 Å². The minimum Gasteiger partial charge on any atom is -0.474 e. The molecule has 1 nitrogen and oxygen atoms in total. The summed E-state index contributed by atoms with van der Waals surface area (Å²) in [5.74, 6) is 0. The molecule has 1 heterocycles. The highest BCUT2D eigenvalue weighted by Gasteiger charge is 2.20. The predicted molar refractivity (Wildman–Crippen MR) is 51.1 cm³/mol. The third-order valence-corrected chi connectivity index (χ3v) is 3.54. The SMILES string of the molecule is CCc1coc([Si](C)(C)C)c1. The standard InChI is InChI=1S/C9H16OSi/c1-5-8-6-9(10-7-8)11(2,3)4/h6-7H,5H2,1-4H3. The van der Waals surface area contributed by atoms with E-state index in [-0.39, 0.29) is 0 Å². The second kappa shape index (κ2) is 2.86. The number of hydrogen-bond acceptors (Lipinski definition) is 1. The summed E-state index contributed by atoms with van der Waals surface area (Å²) in [7, 11) is -1.20. The molecule has 11 heavy (non-hydrogen) atoms. The molecule has 0 aliphatic carbocycles. The Morgan fingerprint density at radius 3 is 2.27 bits per heavy atom. The Morgan fingerprint density at radius 1 is 1.36 bits per heavy atom. The van der Waals surface area contributed by atoms with Crippen LogP contribution in [0.5, 0.6) is 0 Å². The van der Waals surface area contributed by atoms with Crippen molar-refractivity contribution in [2.24, 2.45) is 0 Å². The van der Waals surface area contributed by atoms with Crippen molar-refractivity contribution in [2.45, 2.75) is 33.0 Å². The van der Waals surface area contributed by atoms with Gasteiger partial charge in [0.1, 0.15) is 8.07 Å². The molecule has 0 atom stereocenters. The van der Waals surface area contributed by atoms with Crippen LogP contribution in [0.25, 0.3) is 0 Å². The summed E-state index contributed by atoms with van der Waals surface area (Å²) in [6.07, 6.45) is 2.96. The van der Waals surface area contributed by atoms with E-state index in [0.717, 1.165) is 6.42 Å². The molecular formula is C9H16OSi. The van der Waals surface area contributed by atoms with E-state index in [1.54, 1.807) is 0 Å². The van der Waals surface area contributed by atoms with Crippen LogP contribution >= 0.6 is 0 Å². The van der Waals surface area contributed by atoms with Crippen molar-refractivity contribution in [2.75, 3.05) is 0 Å². The summed E-state index contributed by atoms with van der Waals surface area (Å²) in [6.45, 7) is 9.04. The molecule has 0 amide bonds. The van der Waals surface area contributed by atoms with Gasteiger partial charge in [0.25, 0.3) is 0 Å². The minimum absolute atomic E-state index is 1.08. The maximum absolute atomic E-state index is 5.48. The van der Waals surface area contributed by atoms with Gasteiger partial charge in [-0.05, 0) is 18.1 Å². The lowest BCUT2D eigenvalue weighted by Crippen LogP contribution is -2.36. The lowest BCUT2D eigenvalue weighted by molar-refractivity contribution is 0.593. The quantitative estimate of drug-likeness (QED) is 0.618. The number of furan rings is 1. The van der Waals surface area contributed by atoms with Gasteiger partial charge in [-0.2, -0.15) is 0 Å². The molecule has 0 aliphatic rings. The summed E-state index contributed by atoms with van der Waals surface area (Å²) in [6, 6.07) is 2.20. The monoisotopic (exact) mass is 168 g/mol. The Balaban J connectivity index is 2.89. The van der Waals surface area contributed by atoms with Crippen molar-refractivity contribution in [3.63, 3.8) is 0 Å². The van der Waals surface area contributed by atoms with Crippen LogP contribution in [0.15, 0.2) is 16.7 Å². The zero-order valence-corrected chi connectivity index (χ0v) is 8.77. The molecule has 1 aromatic rings. The molecule has 0 N–H and O–H groups in total. The van der Waals surface area contributed by atoms with Gasteiger partial charge >= 0.3 is 0 Å². The third kappa shape index (κ3) is 1.96. The Morgan fingerprint density at radius 2 is 2.00 bits per heavy atom. The second-order valence-corrected chi connectivity index (χ2v) is 8.92. The highest BCUT2D eigenvalue weighted by molar-refractivity contribution is 6.87. The molecule has 0 fully saturated rings. The van der Waals surface area contributed by atoms with E-state index >= 15 is 0 Å².